The summed E-state index contributed by atoms with van der Waals surface area (Å²) in [6.07, 6.45) is 1.81. The molecule has 2 rings (SSSR count). The molecule has 0 spiro atoms. The van der Waals surface area contributed by atoms with Crippen LogP contribution < -0.4 is 5.48 Å². The number of amides is 1. The minimum Gasteiger partial charge on any atom is -0.506 e. The van der Waals surface area contributed by atoms with Gasteiger partial charge in [0.25, 0.3) is 0 Å². The van der Waals surface area contributed by atoms with E-state index < -0.39 is 0 Å². The van der Waals surface area contributed by atoms with Gasteiger partial charge in [-0.2, -0.15) is 0 Å². The summed E-state index contributed by atoms with van der Waals surface area (Å²) in [5, 5.41) is 26.4. The first-order chi connectivity index (χ1) is 11.1. The molecule has 4 N–H and O–H groups in total. The van der Waals surface area contributed by atoms with Gasteiger partial charge >= 0.3 is 0 Å². The number of aromatic nitrogens is 1. The lowest BCUT2D eigenvalue weighted by atomic mass is 10.1. The summed E-state index contributed by atoms with van der Waals surface area (Å²) < 4.78 is 5.58. The number of hydroxylamine groups is 1. The number of ether oxygens (including phenoxy) is 1. The molecule has 0 atom stereocenters. The zero-order chi connectivity index (χ0) is 17.1. The Bertz CT molecular complexity index is 605. The Kier molecular flexibility index (Phi) is 8.30. The Morgan fingerprint density at radius 1 is 1.26 bits per heavy atom. The number of carbonyl (C=O) groups is 1. The topological polar surface area (TPSA) is 112 Å². The predicted molar refractivity (Wildman–Crippen MR) is 82.5 cm³/mol. The van der Waals surface area contributed by atoms with E-state index in [-0.39, 0.29) is 18.8 Å². The van der Waals surface area contributed by atoms with Crippen LogP contribution in [-0.2, 0) is 29.4 Å². The number of aliphatic hydroxyl groups is 1. The number of hydrogen-bond donors (Lipinski definition) is 4. The van der Waals surface area contributed by atoms with Gasteiger partial charge in [0.2, 0.25) is 6.41 Å². The number of nitrogens with zero attached hydrogens (tertiary/aromatic N) is 1. The van der Waals surface area contributed by atoms with Crippen LogP contribution in [0.4, 0.5) is 0 Å². The third-order valence-corrected chi connectivity index (χ3v) is 3.01. The molecule has 1 aromatic heterocycles. The molecule has 0 fully saturated rings. The average Bonchev–Trinajstić information content (AvgIpc) is 2.59. The fourth-order valence-electron chi connectivity index (χ4n) is 1.84. The van der Waals surface area contributed by atoms with Gasteiger partial charge in [0, 0.05) is 17.3 Å². The van der Waals surface area contributed by atoms with Crippen LogP contribution in [0.15, 0.2) is 36.5 Å². The first-order valence-electron chi connectivity index (χ1n) is 6.86. The second-order valence-corrected chi connectivity index (χ2v) is 4.58. The van der Waals surface area contributed by atoms with Crippen LogP contribution in [-0.4, -0.2) is 26.8 Å². The highest BCUT2D eigenvalue weighted by Gasteiger charge is 2.10. The van der Waals surface area contributed by atoms with E-state index in [1.54, 1.807) is 13.1 Å². The van der Waals surface area contributed by atoms with E-state index in [9.17, 15) is 10.2 Å². The molecule has 0 radical (unpaired) electrons. The minimum atomic E-state index is -0.223. The van der Waals surface area contributed by atoms with Gasteiger partial charge in [0.05, 0.1) is 25.5 Å². The Morgan fingerprint density at radius 3 is 2.48 bits per heavy atom. The fourth-order valence-corrected chi connectivity index (χ4v) is 1.84. The zero-order valence-electron chi connectivity index (χ0n) is 12.8. The van der Waals surface area contributed by atoms with Crippen LogP contribution in [0.1, 0.15) is 22.4 Å². The largest absolute Gasteiger partial charge is 0.506 e. The predicted octanol–water partition coefficient (Wildman–Crippen LogP) is 1.43. The van der Waals surface area contributed by atoms with Crippen molar-refractivity contribution in [2.45, 2.75) is 26.7 Å². The van der Waals surface area contributed by atoms with Gasteiger partial charge in [-0.25, -0.2) is 5.48 Å². The summed E-state index contributed by atoms with van der Waals surface area (Å²) in [6.45, 7) is 2.27. The monoisotopic (exact) mass is 320 g/mol. The van der Waals surface area contributed by atoms with Crippen molar-refractivity contribution < 1.29 is 25.0 Å². The first kappa shape index (κ1) is 18.6. The van der Waals surface area contributed by atoms with Gasteiger partial charge in [0.1, 0.15) is 5.75 Å². The van der Waals surface area contributed by atoms with Crippen LogP contribution in [0.25, 0.3) is 0 Å². The molecule has 1 aromatic carbocycles. The second-order valence-electron chi connectivity index (χ2n) is 4.58. The maximum absolute atomic E-state index is 9.82. The smallest absolute Gasteiger partial charge is 0.230 e. The van der Waals surface area contributed by atoms with Crippen molar-refractivity contribution in [3.63, 3.8) is 0 Å². The number of pyridine rings is 1. The molecule has 0 aliphatic carbocycles. The van der Waals surface area contributed by atoms with Crippen LogP contribution in [0.3, 0.4) is 0 Å². The van der Waals surface area contributed by atoms with Gasteiger partial charge in [-0.3, -0.25) is 15.0 Å². The molecule has 7 nitrogen and oxygen atoms in total. The SMILES string of the molecule is Cc1ncc(COCc2ccccc2)c(CO)c1O.O=CNO. The number of benzene rings is 1. The van der Waals surface area contributed by atoms with E-state index in [2.05, 4.69) is 4.98 Å². The molecule has 23 heavy (non-hydrogen) atoms. The summed E-state index contributed by atoms with van der Waals surface area (Å²) in [5.41, 5.74) is 4.04. The lowest BCUT2D eigenvalue weighted by Crippen LogP contribution is -2.01. The second kappa shape index (κ2) is 10.3. The van der Waals surface area contributed by atoms with Crippen molar-refractivity contribution in [1.29, 1.82) is 0 Å². The summed E-state index contributed by atoms with van der Waals surface area (Å²) in [7, 11) is 0. The van der Waals surface area contributed by atoms with E-state index in [0.717, 1.165) is 5.56 Å². The van der Waals surface area contributed by atoms with E-state index in [1.165, 1.54) is 5.48 Å². The standard InChI is InChI=1S/C15H17NO3.CH3NO2/c1-11-15(18)14(8-17)13(7-16-11)10-19-9-12-5-3-2-4-6-12;3-1-2-4/h2-7,17-18H,8-10H2,1H3;1,4H,(H,2,3). The van der Waals surface area contributed by atoms with Crippen molar-refractivity contribution in [2.24, 2.45) is 0 Å². The summed E-state index contributed by atoms with van der Waals surface area (Å²) in [4.78, 5) is 12.9. The molecule has 1 heterocycles. The lowest BCUT2D eigenvalue weighted by molar-refractivity contribution is -0.116. The van der Waals surface area contributed by atoms with Crippen molar-refractivity contribution >= 4 is 6.41 Å². The van der Waals surface area contributed by atoms with Gasteiger partial charge in [-0.1, -0.05) is 30.3 Å². The normalized spacial score (nSPS) is 9.70. The number of rotatable bonds is 6. The number of nitrogens with one attached hydrogen (secondary N) is 1. The Hall–Kier alpha value is -2.48. The van der Waals surface area contributed by atoms with E-state index in [1.807, 2.05) is 30.3 Å². The Morgan fingerprint density at radius 2 is 1.91 bits per heavy atom. The van der Waals surface area contributed by atoms with Gasteiger partial charge < -0.3 is 14.9 Å². The number of carbonyl (C=O) groups excluding carboxylic acids is 1. The molecule has 2 aromatic rings. The van der Waals surface area contributed by atoms with Gasteiger partial charge in [0.15, 0.2) is 0 Å². The molecule has 0 aliphatic rings. The number of aromatic hydroxyl groups is 1. The molecule has 0 aliphatic heterocycles. The van der Waals surface area contributed by atoms with E-state index >= 15 is 0 Å². The average molecular weight is 320 g/mol. The summed E-state index contributed by atoms with van der Waals surface area (Å²) in [5.74, 6) is 0.0447. The molecule has 0 saturated carbocycles. The molecule has 0 saturated heterocycles. The molecule has 1 amide bonds. The highest BCUT2D eigenvalue weighted by Crippen LogP contribution is 2.24. The quantitative estimate of drug-likeness (QED) is 0.364. The van der Waals surface area contributed by atoms with Crippen LogP contribution >= 0.6 is 0 Å². The lowest BCUT2D eigenvalue weighted by Gasteiger charge is -2.11. The van der Waals surface area contributed by atoms with E-state index in [0.29, 0.717) is 30.0 Å². The number of aryl methyl sites for hydroxylation is 1. The highest BCUT2D eigenvalue weighted by atomic mass is 16.5. The molecule has 0 bridgehead atoms. The zero-order valence-corrected chi connectivity index (χ0v) is 12.8. The first-order valence-corrected chi connectivity index (χ1v) is 6.86. The summed E-state index contributed by atoms with van der Waals surface area (Å²) in [6, 6.07) is 9.83. The van der Waals surface area contributed by atoms with Crippen LogP contribution in [0.5, 0.6) is 5.75 Å². The highest BCUT2D eigenvalue weighted by molar-refractivity contribution is 5.43. The molecular formula is C16H20N2O5. The third kappa shape index (κ3) is 6.03. The number of hydrogen-bond acceptors (Lipinski definition) is 6. The van der Waals surface area contributed by atoms with Crippen molar-refractivity contribution in [1.82, 2.24) is 10.5 Å². The maximum Gasteiger partial charge on any atom is 0.230 e. The van der Waals surface area contributed by atoms with Gasteiger partial charge in [-0.15, -0.1) is 0 Å². The van der Waals surface area contributed by atoms with Crippen molar-refractivity contribution in [3.8, 4) is 5.75 Å². The van der Waals surface area contributed by atoms with Crippen LogP contribution in [0.2, 0.25) is 0 Å². The Balaban J connectivity index is 0.000000593. The molecule has 7 heteroatoms. The minimum absolute atomic E-state index is 0.0447. The van der Waals surface area contributed by atoms with Crippen LogP contribution in [0, 0.1) is 6.92 Å². The molecule has 0 unspecified atom stereocenters. The molecular weight excluding hydrogens is 300 g/mol. The fraction of sp³-hybridized carbons (Fsp3) is 0.250. The number of aliphatic hydroxyl groups excluding tert-OH is 1. The van der Waals surface area contributed by atoms with E-state index in [4.69, 9.17) is 14.7 Å². The van der Waals surface area contributed by atoms with Gasteiger partial charge in [-0.05, 0) is 12.5 Å². The maximum atomic E-state index is 9.82. The Labute approximate surface area is 134 Å². The van der Waals surface area contributed by atoms with Crippen molar-refractivity contribution in [3.05, 3.63) is 58.9 Å². The summed E-state index contributed by atoms with van der Waals surface area (Å²) >= 11 is 0. The molecule has 124 valence electrons. The van der Waals surface area contributed by atoms with Crippen molar-refractivity contribution in [2.75, 3.05) is 0 Å². The third-order valence-electron chi connectivity index (χ3n) is 3.01.